The van der Waals surface area contributed by atoms with Crippen molar-refractivity contribution in [3.05, 3.63) is 12.2 Å². The number of nitrogens with zero attached hydrogens (tertiary/aromatic N) is 3. The highest BCUT2D eigenvalue weighted by Crippen LogP contribution is 2.16. The third kappa shape index (κ3) is 4.31. The first kappa shape index (κ1) is 14.0. The maximum atomic E-state index is 11.8. The summed E-state index contributed by atoms with van der Waals surface area (Å²) in [5, 5.41) is 10.9. The monoisotopic (exact) mass is 266 g/mol. The molecule has 2 rings (SSSR count). The molecule has 1 saturated heterocycles. The van der Waals surface area contributed by atoms with Gasteiger partial charge in [0.2, 0.25) is 5.91 Å². The number of amides is 1. The lowest BCUT2D eigenvalue weighted by Crippen LogP contribution is -2.30. The smallest absolute Gasteiger partial charge is 0.220 e. The predicted molar refractivity (Wildman–Crippen MR) is 70.6 cm³/mol. The zero-order valence-electron chi connectivity index (χ0n) is 11.5. The van der Waals surface area contributed by atoms with Gasteiger partial charge in [-0.25, -0.2) is 0 Å². The minimum Gasteiger partial charge on any atom is -0.381 e. The number of ether oxygens (including phenoxy) is 1. The van der Waals surface area contributed by atoms with Gasteiger partial charge in [-0.2, -0.15) is 0 Å². The van der Waals surface area contributed by atoms with Gasteiger partial charge in [-0.15, -0.1) is 10.2 Å². The number of carbonyl (C=O) groups is 1. The Morgan fingerprint density at radius 1 is 1.63 bits per heavy atom. The van der Waals surface area contributed by atoms with E-state index in [1.165, 1.54) is 0 Å². The SMILES string of the molecule is CCn1cnnc1CCNC(=O)C[C@@H]1CCCOC1. The minimum atomic E-state index is 0.109. The van der Waals surface area contributed by atoms with E-state index in [0.29, 0.717) is 18.9 Å². The van der Waals surface area contributed by atoms with E-state index in [9.17, 15) is 4.79 Å². The molecule has 1 amide bonds. The molecular formula is C13H22N4O2. The van der Waals surface area contributed by atoms with Crippen molar-refractivity contribution in [1.82, 2.24) is 20.1 Å². The van der Waals surface area contributed by atoms with Crippen LogP contribution in [-0.2, 0) is 22.5 Å². The molecule has 1 fully saturated rings. The van der Waals surface area contributed by atoms with Crippen LogP contribution in [0.25, 0.3) is 0 Å². The van der Waals surface area contributed by atoms with Gasteiger partial charge in [-0.1, -0.05) is 0 Å². The fraction of sp³-hybridized carbons (Fsp3) is 0.769. The summed E-state index contributed by atoms with van der Waals surface area (Å²) in [5.41, 5.74) is 0. The molecule has 0 aliphatic carbocycles. The largest absolute Gasteiger partial charge is 0.381 e. The standard InChI is InChI=1S/C13H22N4O2/c1-2-17-10-15-16-12(17)5-6-14-13(18)8-11-4-3-7-19-9-11/h10-11H,2-9H2,1H3,(H,14,18)/t11-/m0/s1. The molecule has 19 heavy (non-hydrogen) atoms. The van der Waals surface area contributed by atoms with E-state index in [1.807, 2.05) is 4.57 Å². The van der Waals surface area contributed by atoms with Crippen LogP contribution in [-0.4, -0.2) is 40.4 Å². The van der Waals surface area contributed by atoms with Crippen LogP contribution < -0.4 is 5.32 Å². The van der Waals surface area contributed by atoms with Crippen LogP contribution in [0, 0.1) is 5.92 Å². The number of hydrogen-bond acceptors (Lipinski definition) is 4. The molecule has 0 saturated carbocycles. The van der Waals surface area contributed by atoms with Crippen molar-refractivity contribution in [1.29, 1.82) is 0 Å². The van der Waals surface area contributed by atoms with Crippen LogP contribution in [0.2, 0.25) is 0 Å². The summed E-state index contributed by atoms with van der Waals surface area (Å²) >= 11 is 0. The van der Waals surface area contributed by atoms with Crippen molar-refractivity contribution in [2.45, 2.75) is 39.2 Å². The zero-order chi connectivity index (χ0) is 13.5. The Morgan fingerprint density at radius 3 is 3.26 bits per heavy atom. The number of aryl methyl sites for hydroxylation is 1. The zero-order valence-corrected chi connectivity index (χ0v) is 11.5. The molecule has 0 radical (unpaired) electrons. The highest BCUT2D eigenvalue weighted by atomic mass is 16.5. The van der Waals surface area contributed by atoms with Crippen LogP contribution >= 0.6 is 0 Å². The quantitative estimate of drug-likeness (QED) is 0.826. The molecule has 0 bridgehead atoms. The number of rotatable bonds is 6. The second-order valence-electron chi connectivity index (χ2n) is 4.92. The van der Waals surface area contributed by atoms with Crippen LogP contribution in [0.1, 0.15) is 32.0 Å². The molecule has 0 aromatic carbocycles. The summed E-state index contributed by atoms with van der Waals surface area (Å²) in [6.07, 6.45) is 5.17. The van der Waals surface area contributed by atoms with Crippen molar-refractivity contribution in [2.75, 3.05) is 19.8 Å². The summed E-state index contributed by atoms with van der Waals surface area (Å²) < 4.78 is 7.36. The molecule has 1 aliphatic rings. The van der Waals surface area contributed by atoms with Gasteiger partial charge < -0.3 is 14.6 Å². The molecule has 2 heterocycles. The fourth-order valence-corrected chi connectivity index (χ4v) is 2.35. The van der Waals surface area contributed by atoms with E-state index in [2.05, 4.69) is 22.4 Å². The normalized spacial score (nSPS) is 19.3. The lowest BCUT2D eigenvalue weighted by Gasteiger charge is -2.21. The Kier molecular flexibility index (Phi) is 5.32. The van der Waals surface area contributed by atoms with E-state index in [4.69, 9.17) is 4.74 Å². The van der Waals surface area contributed by atoms with Gasteiger partial charge in [0.25, 0.3) is 0 Å². The highest BCUT2D eigenvalue weighted by Gasteiger charge is 2.17. The van der Waals surface area contributed by atoms with E-state index in [0.717, 1.165) is 44.8 Å². The fourth-order valence-electron chi connectivity index (χ4n) is 2.35. The summed E-state index contributed by atoms with van der Waals surface area (Å²) in [6, 6.07) is 0. The lowest BCUT2D eigenvalue weighted by atomic mass is 9.98. The Bertz CT molecular complexity index is 399. The van der Waals surface area contributed by atoms with Crippen molar-refractivity contribution in [3.63, 3.8) is 0 Å². The number of hydrogen-bond donors (Lipinski definition) is 1. The molecule has 6 heteroatoms. The van der Waals surface area contributed by atoms with Crippen molar-refractivity contribution >= 4 is 5.91 Å². The highest BCUT2D eigenvalue weighted by molar-refractivity contribution is 5.76. The molecule has 0 unspecified atom stereocenters. The van der Waals surface area contributed by atoms with E-state index < -0.39 is 0 Å². The van der Waals surface area contributed by atoms with Gasteiger partial charge in [0.15, 0.2) is 0 Å². The van der Waals surface area contributed by atoms with Crippen LogP contribution in [0.4, 0.5) is 0 Å². The van der Waals surface area contributed by atoms with Crippen LogP contribution in [0.15, 0.2) is 6.33 Å². The molecule has 106 valence electrons. The molecule has 1 N–H and O–H groups in total. The van der Waals surface area contributed by atoms with Gasteiger partial charge >= 0.3 is 0 Å². The Hall–Kier alpha value is -1.43. The van der Waals surface area contributed by atoms with Crippen LogP contribution in [0.3, 0.4) is 0 Å². The summed E-state index contributed by atoms with van der Waals surface area (Å²) in [4.78, 5) is 11.8. The van der Waals surface area contributed by atoms with Crippen molar-refractivity contribution < 1.29 is 9.53 Å². The molecular weight excluding hydrogens is 244 g/mol. The number of nitrogens with one attached hydrogen (secondary N) is 1. The molecule has 1 aliphatic heterocycles. The second kappa shape index (κ2) is 7.23. The third-order valence-corrected chi connectivity index (χ3v) is 3.44. The summed E-state index contributed by atoms with van der Waals surface area (Å²) in [7, 11) is 0. The summed E-state index contributed by atoms with van der Waals surface area (Å²) in [5.74, 6) is 1.41. The molecule has 1 atom stereocenters. The molecule has 1 aromatic heterocycles. The van der Waals surface area contributed by atoms with E-state index in [1.54, 1.807) is 6.33 Å². The first-order valence-electron chi connectivity index (χ1n) is 7.00. The third-order valence-electron chi connectivity index (χ3n) is 3.44. The first-order valence-corrected chi connectivity index (χ1v) is 7.00. The molecule has 6 nitrogen and oxygen atoms in total. The van der Waals surface area contributed by atoms with Crippen molar-refractivity contribution in [2.24, 2.45) is 5.92 Å². The maximum absolute atomic E-state index is 11.8. The Morgan fingerprint density at radius 2 is 2.53 bits per heavy atom. The minimum absolute atomic E-state index is 0.109. The van der Waals surface area contributed by atoms with Crippen LogP contribution in [0.5, 0.6) is 0 Å². The summed E-state index contributed by atoms with van der Waals surface area (Å²) in [6.45, 7) is 5.08. The van der Waals surface area contributed by atoms with Gasteiger partial charge in [0.05, 0.1) is 0 Å². The Balaban J connectivity index is 1.66. The van der Waals surface area contributed by atoms with E-state index in [-0.39, 0.29) is 5.91 Å². The Labute approximate surface area is 113 Å². The van der Waals surface area contributed by atoms with Gasteiger partial charge in [-0.05, 0) is 25.7 Å². The number of aromatic nitrogens is 3. The van der Waals surface area contributed by atoms with Gasteiger partial charge in [0.1, 0.15) is 12.2 Å². The average Bonchev–Trinajstić information content (AvgIpc) is 2.87. The van der Waals surface area contributed by atoms with E-state index >= 15 is 0 Å². The first-order chi connectivity index (χ1) is 9.29. The maximum Gasteiger partial charge on any atom is 0.220 e. The van der Waals surface area contributed by atoms with Gasteiger partial charge in [-0.3, -0.25) is 4.79 Å². The van der Waals surface area contributed by atoms with Gasteiger partial charge in [0, 0.05) is 39.1 Å². The lowest BCUT2D eigenvalue weighted by molar-refractivity contribution is -0.123. The second-order valence-corrected chi connectivity index (χ2v) is 4.92. The number of carbonyl (C=O) groups excluding carboxylic acids is 1. The predicted octanol–water partition coefficient (Wildman–Crippen LogP) is 0.773. The average molecular weight is 266 g/mol. The van der Waals surface area contributed by atoms with Crippen molar-refractivity contribution in [3.8, 4) is 0 Å². The molecule has 1 aromatic rings. The topological polar surface area (TPSA) is 69.0 Å². The molecule has 0 spiro atoms.